The van der Waals surface area contributed by atoms with Gasteiger partial charge in [-0.15, -0.1) is 0 Å². The molecule has 0 aliphatic heterocycles. The van der Waals surface area contributed by atoms with Crippen LogP contribution in [-0.4, -0.2) is 37.1 Å². The van der Waals surface area contributed by atoms with Gasteiger partial charge >= 0.3 is 5.69 Å². The Morgan fingerprint density at radius 1 is 0.962 bits per heavy atom. The van der Waals surface area contributed by atoms with Gasteiger partial charge in [0.15, 0.2) is 5.75 Å². The topological polar surface area (TPSA) is 93.5 Å². The number of rotatable bonds is 11. The number of para-hydroxylation sites is 2. The Hall–Kier alpha value is -2.93. The van der Waals surface area contributed by atoms with E-state index in [4.69, 9.17) is 4.74 Å². The lowest BCUT2D eigenvalue weighted by Crippen LogP contribution is -2.26. The van der Waals surface area contributed by atoms with Crippen LogP contribution in [0.2, 0.25) is 0 Å². The molecule has 0 heterocycles. The zero-order valence-corrected chi connectivity index (χ0v) is 14.5. The fraction of sp³-hybridized carbons (Fsp3) is 0.316. The molecule has 2 rings (SSSR count). The zero-order chi connectivity index (χ0) is 18.6. The van der Waals surface area contributed by atoms with Gasteiger partial charge in [0.05, 0.1) is 4.92 Å². The number of ether oxygens (including phenoxy) is 1. The third kappa shape index (κ3) is 6.52. The van der Waals surface area contributed by atoms with Crippen molar-refractivity contribution in [3.8, 4) is 5.75 Å². The first-order chi connectivity index (χ1) is 12.7. The van der Waals surface area contributed by atoms with Crippen LogP contribution in [0.5, 0.6) is 5.75 Å². The molecule has 0 aromatic heterocycles. The van der Waals surface area contributed by atoms with Gasteiger partial charge in [0, 0.05) is 24.7 Å². The Morgan fingerprint density at radius 3 is 2.42 bits per heavy atom. The van der Waals surface area contributed by atoms with Crippen molar-refractivity contribution in [3.05, 3.63) is 70.3 Å². The van der Waals surface area contributed by atoms with Gasteiger partial charge in [0.1, 0.15) is 6.61 Å². The van der Waals surface area contributed by atoms with Crippen LogP contribution in [0.25, 0.3) is 0 Å². The summed E-state index contributed by atoms with van der Waals surface area (Å²) in [6.45, 7) is 2.38. The first-order valence-corrected chi connectivity index (χ1v) is 8.58. The van der Waals surface area contributed by atoms with Gasteiger partial charge in [0.25, 0.3) is 5.91 Å². The van der Waals surface area contributed by atoms with Crippen molar-refractivity contribution in [1.82, 2.24) is 10.6 Å². The molecule has 0 radical (unpaired) electrons. The normalized spacial score (nSPS) is 10.3. The Bertz CT molecular complexity index is 707. The number of carbonyl (C=O) groups excluding carboxylic acids is 1. The van der Waals surface area contributed by atoms with Gasteiger partial charge in [-0.1, -0.05) is 30.3 Å². The summed E-state index contributed by atoms with van der Waals surface area (Å²) in [4.78, 5) is 22.3. The Labute approximate surface area is 152 Å². The van der Waals surface area contributed by atoms with E-state index < -0.39 is 4.92 Å². The number of hydrogen-bond acceptors (Lipinski definition) is 5. The zero-order valence-electron chi connectivity index (χ0n) is 14.5. The average Bonchev–Trinajstić information content (AvgIpc) is 2.67. The lowest BCUT2D eigenvalue weighted by Gasteiger charge is -2.08. The quantitative estimate of drug-likeness (QED) is 0.366. The Morgan fingerprint density at radius 2 is 1.65 bits per heavy atom. The van der Waals surface area contributed by atoms with Crippen LogP contribution in [0.15, 0.2) is 54.6 Å². The smallest absolute Gasteiger partial charge is 0.310 e. The van der Waals surface area contributed by atoms with Gasteiger partial charge in [0.2, 0.25) is 0 Å². The van der Waals surface area contributed by atoms with E-state index in [2.05, 4.69) is 10.6 Å². The molecule has 0 atom stereocenters. The number of nitro benzene ring substituents is 1. The van der Waals surface area contributed by atoms with Crippen LogP contribution in [0.1, 0.15) is 23.2 Å². The number of nitrogens with one attached hydrogen (secondary N) is 2. The summed E-state index contributed by atoms with van der Waals surface area (Å²) < 4.78 is 5.45. The molecular weight excluding hydrogens is 334 g/mol. The molecule has 2 aromatic rings. The Kier molecular flexibility index (Phi) is 8.08. The summed E-state index contributed by atoms with van der Waals surface area (Å²) >= 11 is 0. The number of nitrogens with zero attached hydrogens (tertiary/aromatic N) is 1. The van der Waals surface area contributed by atoms with Gasteiger partial charge in [-0.3, -0.25) is 14.9 Å². The van der Waals surface area contributed by atoms with Crippen molar-refractivity contribution in [2.75, 3.05) is 26.2 Å². The summed E-state index contributed by atoms with van der Waals surface area (Å²) in [5, 5.41) is 17.0. The number of carbonyl (C=O) groups is 1. The van der Waals surface area contributed by atoms with E-state index in [0.29, 0.717) is 25.3 Å². The van der Waals surface area contributed by atoms with Crippen molar-refractivity contribution in [3.63, 3.8) is 0 Å². The van der Waals surface area contributed by atoms with E-state index in [9.17, 15) is 14.9 Å². The highest BCUT2D eigenvalue weighted by Gasteiger charge is 2.12. The minimum atomic E-state index is -0.452. The molecule has 0 aliphatic carbocycles. The molecular formula is C19H23N3O4. The van der Waals surface area contributed by atoms with Crippen LogP contribution in [-0.2, 0) is 0 Å². The predicted molar refractivity (Wildman–Crippen MR) is 99.5 cm³/mol. The second-order valence-corrected chi connectivity index (χ2v) is 5.65. The summed E-state index contributed by atoms with van der Waals surface area (Å²) in [5.41, 5.74) is 0.638. The van der Waals surface area contributed by atoms with E-state index in [1.807, 2.05) is 18.2 Å². The molecule has 0 aliphatic rings. The molecule has 0 saturated carbocycles. The largest absolute Gasteiger partial charge is 0.485 e. The summed E-state index contributed by atoms with van der Waals surface area (Å²) in [6, 6.07) is 15.5. The van der Waals surface area contributed by atoms with Gasteiger partial charge < -0.3 is 15.4 Å². The first kappa shape index (κ1) is 19.4. The number of unbranched alkanes of at least 4 members (excludes halogenated alkanes) is 1. The SMILES string of the molecule is O=C(NCCCCNCCOc1ccccc1[N+](=O)[O-])c1ccccc1. The monoisotopic (exact) mass is 357 g/mol. The lowest BCUT2D eigenvalue weighted by atomic mass is 10.2. The number of amides is 1. The standard InChI is InChI=1S/C19H23N3O4/c23-19(16-8-2-1-3-9-16)21-13-7-6-12-20-14-15-26-18-11-5-4-10-17(18)22(24)25/h1-5,8-11,20H,6-7,12-15H2,(H,21,23). The highest BCUT2D eigenvalue weighted by Crippen LogP contribution is 2.25. The average molecular weight is 357 g/mol. The third-order valence-corrected chi connectivity index (χ3v) is 3.70. The van der Waals surface area contributed by atoms with Gasteiger partial charge in [-0.05, 0) is 37.6 Å². The van der Waals surface area contributed by atoms with Crippen LogP contribution in [0.4, 0.5) is 5.69 Å². The van der Waals surface area contributed by atoms with Crippen molar-refractivity contribution in [2.24, 2.45) is 0 Å². The maximum atomic E-state index is 11.8. The van der Waals surface area contributed by atoms with Crippen LogP contribution in [0.3, 0.4) is 0 Å². The molecule has 2 aromatic carbocycles. The second kappa shape index (κ2) is 10.8. The van der Waals surface area contributed by atoms with E-state index >= 15 is 0 Å². The molecule has 7 heteroatoms. The molecule has 0 fully saturated rings. The third-order valence-electron chi connectivity index (χ3n) is 3.70. The molecule has 0 spiro atoms. The van der Waals surface area contributed by atoms with Crippen molar-refractivity contribution < 1.29 is 14.5 Å². The van der Waals surface area contributed by atoms with Crippen LogP contribution in [0, 0.1) is 10.1 Å². The lowest BCUT2D eigenvalue weighted by molar-refractivity contribution is -0.385. The van der Waals surface area contributed by atoms with Crippen molar-refractivity contribution in [1.29, 1.82) is 0 Å². The highest BCUT2D eigenvalue weighted by atomic mass is 16.6. The van der Waals surface area contributed by atoms with Crippen molar-refractivity contribution in [2.45, 2.75) is 12.8 Å². The number of hydrogen-bond donors (Lipinski definition) is 2. The second-order valence-electron chi connectivity index (χ2n) is 5.65. The van der Waals surface area contributed by atoms with E-state index in [0.717, 1.165) is 19.4 Å². The fourth-order valence-corrected chi connectivity index (χ4v) is 2.36. The molecule has 0 unspecified atom stereocenters. The molecule has 0 saturated heterocycles. The van der Waals surface area contributed by atoms with Gasteiger partial charge in [-0.2, -0.15) is 0 Å². The molecule has 1 amide bonds. The molecule has 7 nitrogen and oxygen atoms in total. The predicted octanol–water partition coefficient (Wildman–Crippen LogP) is 2.77. The molecule has 138 valence electrons. The van der Waals surface area contributed by atoms with Gasteiger partial charge in [-0.25, -0.2) is 0 Å². The summed E-state index contributed by atoms with van der Waals surface area (Å²) in [6.07, 6.45) is 1.79. The maximum absolute atomic E-state index is 11.8. The maximum Gasteiger partial charge on any atom is 0.310 e. The minimum Gasteiger partial charge on any atom is -0.485 e. The fourth-order valence-electron chi connectivity index (χ4n) is 2.36. The number of benzene rings is 2. The summed E-state index contributed by atoms with van der Waals surface area (Å²) in [7, 11) is 0. The summed E-state index contributed by atoms with van der Waals surface area (Å²) in [5.74, 6) is 0.222. The molecule has 0 bridgehead atoms. The Balaban J connectivity index is 1.51. The first-order valence-electron chi connectivity index (χ1n) is 8.58. The van der Waals surface area contributed by atoms with Crippen molar-refractivity contribution >= 4 is 11.6 Å². The molecule has 2 N–H and O–H groups in total. The number of nitro groups is 1. The highest BCUT2D eigenvalue weighted by molar-refractivity contribution is 5.94. The molecule has 26 heavy (non-hydrogen) atoms. The van der Waals surface area contributed by atoms with E-state index in [1.165, 1.54) is 6.07 Å². The van der Waals surface area contributed by atoms with Crippen LogP contribution < -0.4 is 15.4 Å². The van der Waals surface area contributed by atoms with E-state index in [1.54, 1.807) is 30.3 Å². The van der Waals surface area contributed by atoms with Crippen LogP contribution >= 0.6 is 0 Å². The van der Waals surface area contributed by atoms with E-state index in [-0.39, 0.29) is 17.3 Å². The minimum absolute atomic E-state index is 0.0262.